The highest BCUT2D eigenvalue weighted by atomic mass is 19.4. The van der Waals surface area contributed by atoms with E-state index in [1.54, 1.807) is 13.0 Å². The first-order valence-electron chi connectivity index (χ1n) is 21.4. The minimum atomic E-state index is -5.32. The fourth-order valence-electron chi connectivity index (χ4n) is 9.14. The number of nitro groups is 1. The van der Waals surface area contributed by atoms with E-state index in [1.807, 2.05) is 35.6 Å². The Balaban J connectivity index is 1.13. The normalized spacial score (nSPS) is 25.9. The summed E-state index contributed by atoms with van der Waals surface area (Å²) in [6.07, 6.45) is -13.7. The van der Waals surface area contributed by atoms with Crippen LogP contribution in [0, 0.1) is 10.1 Å². The summed E-state index contributed by atoms with van der Waals surface area (Å²) in [5.74, 6) is -5.96. The van der Waals surface area contributed by atoms with E-state index < -0.39 is 102 Å². The standard InChI is InChI=1S/C46H44F3N3O15/c1-5-51-20-36-64-39(41(51)55)40(65-36)43(57)67-45(23(3)53)15-14-29-32(19-45)38(63-24(4)54)31-17-27-9-7-6-8-26(27)16-30(31)33(29)21-61-35-18-34(50-44(58)46(47,48)49)37(22(2)62-35)66-42(56)25-10-12-28(13-11-25)52(59)60/h6-13,16-17,22,34-37,39-40H,5,14-15,18-21H2,1-4H3,(H,50,58)/t22-,34-,35+,36-,37+,39+,40+,45+/m0/s1. The zero-order valence-corrected chi connectivity index (χ0v) is 36.4. The third kappa shape index (κ3) is 9.27. The van der Waals surface area contributed by atoms with E-state index in [4.69, 9.17) is 33.2 Å². The lowest BCUT2D eigenvalue weighted by atomic mass is 9.74. The van der Waals surface area contributed by atoms with E-state index in [2.05, 4.69) is 0 Å². The van der Waals surface area contributed by atoms with Gasteiger partial charge in [0.25, 0.3) is 11.6 Å². The number of hydrogen-bond acceptors (Lipinski definition) is 15. The molecule has 4 aromatic carbocycles. The van der Waals surface area contributed by atoms with Crippen LogP contribution in [0.4, 0.5) is 18.9 Å². The highest BCUT2D eigenvalue weighted by Crippen LogP contribution is 2.46. The maximum atomic E-state index is 13.9. The van der Waals surface area contributed by atoms with Crippen molar-refractivity contribution in [3.05, 3.63) is 93.0 Å². The maximum Gasteiger partial charge on any atom is 0.471 e. The molecule has 2 amide bonds. The number of hydrogen-bond donors (Lipinski definition) is 1. The van der Waals surface area contributed by atoms with E-state index in [9.17, 15) is 52.1 Å². The first-order valence-corrected chi connectivity index (χ1v) is 21.4. The molecule has 0 unspecified atom stereocenters. The van der Waals surface area contributed by atoms with Crippen molar-refractivity contribution in [1.29, 1.82) is 0 Å². The zero-order valence-electron chi connectivity index (χ0n) is 36.4. The van der Waals surface area contributed by atoms with Gasteiger partial charge in [-0.1, -0.05) is 24.3 Å². The predicted octanol–water partition coefficient (Wildman–Crippen LogP) is 5.08. The summed E-state index contributed by atoms with van der Waals surface area (Å²) in [7, 11) is 0. The number of carbonyl (C=O) groups is 6. The number of Topliss-reactive ketones (excluding diaryl/α,β-unsaturated/α-hetero) is 1. The fourth-order valence-corrected chi connectivity index (χ4v) is 9.14. The smallest absolute Gasteiger partial charge is 0.454 e. The Kier molecular flexibility index (Phi) is 12.8. The second-order valence-corrected chi connectivity index (χ2v) is 16.7. The summed E-state index contributed by atoms with van der Waals surface area (Å²) in [6.45, 7) is 5.80. The van der Waals surface area contributed by atoms with Gasteiger partial charge in [0.15, 0.2) is 36.2 Å². The van der Waals surface area contributed by atoms with Gasteiger partial charge in [-0.05, 0) is 85.2 Å². The number of ketones is 1. The fraction of sp³-hybridized carbons (Fsp3) is 0.435. The highest BCUT2D eigenvalue weighted by Gasteiger charge is 2.55. The molecule has 3 aliphatic heterocycles. The molecule has 2 bridgehead atoms. The molecular weight excluding hydrogens is 892 g/mol. The number of likely N-dealkylation sites (N-methyl/N-ethyl adjacent to an activating group) is 1. The van der Waals surface area contributed by atoms with Crippen LogP contribution in [0.2, 0.25) is 0 Å². The third-order valence-corrected chi connectivity index (χ3v) is 12.5. The second-order valence-electron chi connectivity index (χ2n) is 16.7. The van der Waals surface area contributed by atoms with Crippen LogP contribution in [-0.4, -0.2) is 113 Å². The van der Waals surface area contributed by atoms with Crippen molar-refractivity contribution in [2.75, 3.05) is 13.1 Å². The van der Waals surface area contributed by atoms with Gasteiger partial charge in [-0.25, -0.2) is 9.59 Å². The van der Waals surface area contributed by atoms with Gasteiger partial charge in [0.2, 0.25) is 0 Å². The van der Waals surface area contributed by atoms with Crippen LogP contribution in [-0.2, 0) is 71.8 Å². The Morgan fingerprint density at radius 1 is 0.970 bits per heavy atom. The van der Waals surface area contributed by atoms with Crippen molar-refractivity contribution in [3.8, 4) is 5.75 Å². The van der Waals surface area contributed by atoms with Crippen LogP contribution in [0.3, 0.4) is 0 Å². The summed E-state index contributed by atoms with van der Waals surface area (Å²) in [6, 6.07) is 13.8. The number of morpholine rings is 1. The number of nitrogens with one attached hydrogen (secondary N) is 1. The molecule has 0 saturated carbocycles. The van der Waals surface area contributed by atoms with Gasteiger partial charge in [0, 0.05) is 49.4 Å². The topological polar surface area (TPSA) is 225 Å². The number of rotatable bonds is 12. The van der Waals surface area contributed by atoms with Crippen LogP contribution >= 0.6 is 0 Å². The highest BCUT2D eigenvalue weighted by molar-refractivity contribution is 6.05. The number of amides is 2. The van der Waals surface area contributed by atoms with Crippen LogP contribution < -0.4 is 10.1 Å². The molecule has 3 heterocycles. The van der Waals surface area contributed by atoms with Crippen LogP contribution in [0.25, 0.3) is 21.5 Å². The number of benzene rings is 4. The molecule has 3 fully saturated rings. The Hall–Kier alpha value is -6.55. The van der Waals surface area contributed by atoms with Gasteiger partial charge in [0.05, 0.1) is 35.8 Å². The minimum Gasteiger partial charge on any atom is -0.454 e. The molecule has 21 heteroatoms. The monoisotopic (exact) mass is 935 g/mol. The number of carbonyl (C=O) groups excluding carboxylic acids is 6. The number of ether oxygens (including phenoxy) is 7. The maximum absolute atomic E-state index is 13.9. The Morgan fingerprint density at radius 3 is 2.28 bits per heavy atom. The van der Waals surface area contributed by atoms with Crippen molar-refractivity contribution in [3.63, 3.8) is 0 Å². The molecule has 0 spiro atoms. The van der Waals surface area contributed by atoms with E-state index in [1.165, 1.54) is 25.7 Å². The average Bonchev–Trinajstić information content (AvgIpc) is 3.66. The molecule has 0 radical (unpaired) electrons. The number of nitro benzene ring substituents is 1. The van der Waals surface area contributed by atoms with Crippen molar-refractivity contribution in [1.82, 2.24) is 10.2 Å². The quantitative estimate of drug-likeness (QED) is 0.0643. The summed E-state index contributed by atoms with van der Waals surface area (Å²) in [5, 5.41) is 15.5. The summed E-state index contributed by atoms with van der Waals surface area (Å²) < 4.78 is 82.4. The molecule has 1 N–H and O–H groups in total. The number of nitrogens with zero attached hydrogens (tertiary/aromatic N) is 2. The molecular formula is C46H44F3N3O15. The summed E-state index contributed by atoms with van der Waals surface area (Å²) in [4.78, 5) is 91.1. The SMILES string of the molecule is CCN1C[C@@H]2O[C@@H](C(=O)O[C@]3(C(C)=O)CCc4c(c(OC(C)=O)c5cc6ccccc6cc5c4CO[C@H]4C[C@H](NC(=O)C(F)(F)F)[C@H](OC(=O)c5ccc([N+](=O)[O-])cc5)[C@H](C)O4)C3)[C@@H](O2)C1=O. The van der Waals surface area contributed by atoms with Gasteiger partial charge in [-0.15, -0.1) is 0 Å². The molecule has 1 aliphatic carbocycles. The first kappa shape index (κ1) is 47.0. The predicted molar refractivity (Wildman–Crippen MR) is 224 cm³/mol. The number of halogens is 3. The molecule has 8 rings (SSSR count). The van der Waals surface area contributed by atoms with E-state index in [0.717, 1.165) is 35.0 Å². The van der Waals surface area contributed by atoms with Gasteiger partial charge < -0.3 is 43.4 Å². The molecule has 18 nitrogen and oxygen atoms in total. The molecule has 0 aromatic heterocycles. The lowest BCUT2D eigenvalue weighted by Gasteiger charge is -2.40. The van der Waals surface area contributed by atoms with Crippen molar-refractivity contribution >= 4 is 62.7 Å². The number of esters is 3. The lowest BCUT2D eigenvalue weighted by molar-refractivity contribution is -0.384. The number of alkyl halides is 3. The molecule has 8 atom stereocenters. The Morgan fingerprint density at radius 2 is 1.66 bits per heavy atom. The van der Waals surface area contributed by atoms with Crippen LogP contribution in [0.1, 0.15) is 67.6 Å². The van der Waals surface area contributed by atoms with E-state index in [0.29, 0.717) is 34.0 Å². The molecule has 4 aliphatic rings. The van der Waals surface area contributed by atoms with Gasteiger partial charge in [0.1, 0.15) is 11.9 Å². The van der Waals surface area contributed by atoms with Gasteiger partial charge in [-0.2, -0.15) is 13.2 Å². The van der Waals surface area contributed by atoms with Crippen molar-refractivity contribution < 1.29 is 80.0 Å². The zero-order chi connectivity index (χ0) is 48.1. The van der Waals surface area contributed by atoms with Gasteiger partial charge >= 0.3 is 30.0 Å². The minimum absolute atomic E-state index is 0.0431. The largest absolute Gasteiger partial charge is 0.471 e. The van der Waals surface area contributed by atoms with Crippen molar-refractivity contribution in [2.24, 2.45) is 0 Å². The third-order valence-electron chi connectivity index (χ3n) is 12.5. The Labute approximate surface area is 379 Å². The van der Waals surface area contributed by atoms with Gasteiger partial charge in [-0.3, -0.25) is 29.3 Å². The van der Waals surface area contributed by atoms with Crippen molar-refractivity contribution in [2.45, 2.75) is 115 Å². The average molecular weight is 936 g/mol. The first-order chi connectivity index (χ1) is 31.8. The number of non-ortho nitro benzene ring substituents is 1. The number of fused-ring (bicyclic) bond motifs is 5. The molecule has 4 aromatic rings. The second kappa shape index (κ2) is 18.3. The lowest BCUT2D eigenvalue weighted by Crippen LogP contribution is -2.58. The Bertz CT molecular complexity index is 2690. The van der Waals surface area contributed by atoms with Crippen LogP contribution in [0.5, 0.6) is 5.75 Å². The summed E-state index contributed by atoms with van der Waals surface area (Å²) >= 11 is 0. The summed E-state index contributed by atoms with van der Waals surface area (Å²) in [5.41, 5.74) is -0.905. The van der Waals surface area contributed by atoms with E-state index >= 15 is 0 Å². The van der Waals surface area contributed by atoms with Crippen LogP contribution in [0.15, 0.2) is 60.7 Å². The molecule has 3 saturated heterocycles. The molecule has 67 heavy (non-hydrogen) atoms. The molecule has 354 valence electrons. The van der Waals surface area contributed by atoms with E-state index in [-0.39, 0.29) is 49.4 Å².